The zero-order valence-electron chi connectivity index (χ0n) is 7.88. The Balaban J connectivity index is 2.21. The minimum atomic E-state index is 0.803. The molecule has 0 atom stereocenters. The van der Waals surface area contributed by atoms with Crippen molar-refractivity contribution in [3.05, 3.63) is 43.0 Å². The molecule has 0 fully saturated rings. The van der Waals surface area contributed by atoms with Crippen molar-refractivity contribution in [2.45, 2.75) is 0 Å². The fraction of sp³-hybridized carbons (Fsp3) is 0. The molecule has 1 N–H and O–H groups in total. The van der Waals surface area contributed by atoms with Gasteiger partial charge in [0, 0.05) is 12.4 Å². The second-order valence-electron chi connectivity index (χ2n) is 3.23. The highest BCUT2D eigenvalue weighted by Crippen LogP contribution is 2.18. The van der Waals surface area contributed by atoms with Crippen LogP contribution in [0.1, 0.15) is 0 Å². The van der Waals surface area contributed by atoms with E-state index in [0.29, 0.717) is 0 Å². The molecule has 72 valence electrons. The van der Waals surface area contributed by atoms with Gasteiger partial charge in [-0.15, -0.1) is 0 Å². The van der Waals surface area contributed by atoms with Crippen LogP contribution >= 0.6 is 0 Å². The van der Waals surface area contributed by atoms with Gasteiger partial charge < -0.3 is 4.98 Å². The molecular weight excluding hydrogens is 188 g/mol. The van der Waals surface area contributed by atoms with Gasteiger partial charge in [-0.25, -0.2) is 15.0 Å². The van der Waals surface area contributed by atoms with Gasteiger partial charge in [0.15, 0.2) is 0 Å². The molecule has 0 saturated heterocycles. The largest absolute Gasteiger partial charge is 0.338 e. The van der Waals surface area contributed by atoms with Crippen LogP contribution < -0.4 is 0 Å². The first-order chi connectivity index (χ1) is 7.43. The van der Waals surface area contributed by atoms with Gasteiger partial charge in [0.2, 0.25) is 0 Å². The molecule has 0 bridgehead atoms. The quantitative estimate of drug-likeness (QED) is 0.647. The number of para-hydroxylation sites is 2. The zero-order chi connectivity index (χ0) is 10.1. The Morgan fingerprint density at radius 2 is 1.80 bits per heavy atom. The van der Waals surface area contributed by atoms with E-state index >= 15 is 0 Å². The Morgan fingerprint density at radius 1 is 1.00 bits per heavy atom. The average Bonchev–Trinajstić information content (AvgIpc) is 2.74. The summed E-state index contributed by atoms with van der Waals surface area (Å²) >= 11 is 0. The van der Waals surface area contributed by atoms with Gasteiger partial charge in [-0.1, -0.05) is 12.1 Å². The van der Waals surface area contributed by atoms with E-state index < -0.39 is 0 Å². The number of nitrogens with zero attached hydrogens (tertiary/aromatic N) is 3. The summed E-state index contributed by atoms with van der Waals surface area (Å²) in [6.45, 7) is 0. The highest BCUT2D eigenvalue weighted by atomic mass is 14.9. The smallest absolute Gasteiger partial charge is 0.141 e. The first-order valence-electron chi connectivity index (χ1n) is 4.63. The maximum absolute atomic E-state index is 4.45. The van der Waals surface area contributed by atoms with E-state index in [1.807, 2.05) is 24.3 Å². The lowest BCUT2D eigenvalue weighted by Crippen LogP contribution is -1.83. The molecule has 0 aliphatic carbocycles. The fourth-order valence-electron chi connectivity index (χ4n) is 1.51. The summed E-state index contributed by atoms with van der Waals surface area (Å²) in [7, 11) is 0. The minimum absolute atomic E-state index is 0.803. The van der Waals surface area contributed by atoms with Crippen LogP contribution in [0.25, 0.3) is 22.4 Å². The molecule has 0 radical (unpaired) electrons. The molecule has 0 aliphatic heterocycles. The summed E-state index contributed by atoms with van der Waals surface area (Å²) in [4.78, 5) is 15.6. The highest BCUT2D eigenvalue weighted by molar-refractivity contribution is 5.78. The maximum Gasteiger partial charge on any atom is 0.141 e. The van der Waals surface area contributed by atoms with E-state index in [1.54, 1.807) is 12.4 Å². The van der Waals surface area contributed by atoms with Crippen LogP contribution in [-0.2, 0) is 0 Å². The van der Waals surface area contributed by atoms with Gasteiger partial charge in [0.05, 0.1) is 16.6 Å². The van der Waals surface area contributed by atoms with E-state index in [4.69, 9.17) is 0 Å². The summed E-state index contributed by atoms with van der Waals surface area (Å²) in [6.07, 6.45) is 4.99. The van der Waals surface area contributed by atoms with Crippen molar-refractivity contribution in [1.82, 2.24) is 19.9 Å². The first-order valence-corrected chi connectivity index (χ1v) is 4.63. The third kappa shape index (κ3) is 1.36. The van der Waals surface area contributed by atoms with Crippen molar-refractivity contribution in [2.75, 3.05) is 0 Å². The Labute approximate surface area is 86.0 Å². The number of hydrogen-bond donors (Lipinski definition) is 1. The van der Waals surface area contributed by atoms with Gasteiger partial charge in [-0.05, 0) is 12.1 Å². The number of aromatic nitrogens is 4. The topological polar surface area (TPSA) is 54.5 Å². The number of aromatic amines is 1. The molecule has 0 unspecified atom stereocenters. The fourth-order valence-corrected chi connectivity index (χ4v) is 1.51. The summed E-state index contributed by atoms with van der Waals surface area (Å²) in [5, 5.41) is 0. The van der Waals surface area contributed by atoms with Crippen molar-refractivity contribution in [1.29, 1.82) is 0 Å². The molecular formula is C11H8N4. The SMILES string of the molecule is c1ccc2[nH]c(-c3cncnc3)nc2c1. The van der Waals surface area contributed by atoms with E-state index in [1.165, 1.54) is 6.33 Å². The van der Waals surface area contributed by atoms with Crippen LogP contribution in [0.4, 0.5) is 0 Å². The Morgan fingerprint density at radius 3 is 2.60 bits per heavy atom. The molecule has 1 aromatic carbocycles. The van der Waals surface area contributed by atoms with Crippen LogP contribution in [0.3, 0.4) is 0 Å². The molecule has 0 aliphatic rings. The predicted octanol–water partition coefficient (Wildman–Crippen LogP) is 2.02. The Bertz CT molecular complexity index is 553. The molecule has 0 spiro atoms. The van der Waals surface area contributed by atoms with Crippen LogP contribution in [0.15, 0.2) is 43.0 Å². The van der Waals surface area contributed by atoms with E-state index in [-0.39, 0.29) is 0 Å². The number of nitrogens with one attached hydrogen (secondary N) is 1. The third-order valence-electron chi connectivity index (χ3n) is 2.22. The van der Waals surface area contributed by atoms with Crippen molar-refractivity contribution in [3.8, 4) is 11.4 Å². The predicted molar refractivity (Wildman–Crippen MR) is 57.1 cm³/mol. The van der Waals surface area contributed by atoms with Crippen molar-refractivity contribution < 1.29 is 0 Å². The van der Waals surface area contributed by atoms with E-state index in [2.05, 4.69) is 19.9 Å². The first kappa shape index (κ1) is 8.11. The number of rotatable bonds is 1. The standard InChI is InChI=1S/C11H8N4/c1-2-4-10-9(3-1)14-11(15-10)8-5-12-7-13-6-8/h1-7H,(H,14,15). The highest BCUT2D eigenvalue weighted by Gasteiger charge is 2.03. The summed E-state index contributed by atoms with van der Waals surface area (Å²) in [5.74, 6) is 0.803. The number of H-pyrrole nitrogens is 1. The molecule has 3 rings (SSSR count). The molecule has 4 nitrogen and oxygen atoms in total. The van der Waals surface area contributed by atoms with E-state index in [0.717, 1.165) is 22.4 Å². The van der Waals surface area contributed by atoms with Gasteiger partial charge in [0.1, 0.15) is 12.2 Å². The molecule has 3 aromatic rings. The lowest BCUT2D eigenvalue weighted by Gasteiger charge is -1.91. The number of fused-ring (bicyclic) bond motifs is 1. The molecule has 15 heavy (non-hydrogen) atoms. The molecule has 0 saturated carbocycles. The van der Waals surface area contributed by atoms with Crippen LogP contribution in [0.5, 0.6) is 0 Å². The lowest BCUT2D eigenvalue weighted by atomic mass is 10.3. The van der Waals surface area contributed by atoms with E-state index in [9.17, 15) is 0 Å². The average molecular weight is 196 g/mol. The summed E-state index contributed by atoms with van der Waals surface area (Å²) in [6, 6.07) is 7.91. The van der Waals surface area contributed by atoms with Crippen LogP contribution in [0.2, 0.25) is 0 Å². The molecule has 2 heterocycles. The van der Waals surface area contributed by atoms with Crippen molar-refractivity contribution in [2.24, 2.45) is 0 Å². The Hall–Kier alpha value is -2.23. The minimum Gasteiger partial charge on any atom is -0.338 e. The normalized spacial score (nSPS) is 10.7. The number of hydrogen-bond acceptors (Lipinski definition) is 3. The summed E-state index contributed by atoms with van der Waals surface area (Å²) < 4.78 is 0. The molecule has 2 aromatic heterocycles. The van der Waals surface area contributed by atoms with Gasteiger partial charge in [0.25, 0.3) is 0 Å². The number of benzene rings is 1. The monoisotopic (exact) mass is 196 g/mol. The number of imidazole rings is 1. The van der Waals surface area contributed by atoms with Crippen molar-refractivity contribution >= 4 is 11.0 Å². The van der Waals surface area contributed by atoms with Crippen molar-refractivity contribution in [3.63, 3.8) is 0 Å². The lowest BCUT2D eigenvalue weighted by molar-refractivity contribution is 1.15. The second kappa shape index (κ2) is 3.16. The Kier molecular flexibility index (Phi) is 1.71. The maximum atomic E-state index is 4.45. The third-order valence-corrected chi connectivity index (χ3v) is 2.22. The molecule has 0 amide bonds. The second-order valence-corrected chi connectivity index (χ2v) is 3.23. The van der Waals surface area contributed by atoms with Gasteiger partial charge >= 0.3 is 0 Å². The van der Waals surface area contributed by atoms with Crippen LogP contribution in [-0.4, -0.2) is 19.9 Å². The molecule has 4 heteroatoms. The van der Waals surface area contributed by atoms with Gasteiger partial charge in [-0.3, -0.25) is 0 Å². The summed E-state index contributed by atoms with van der Waals surface area (Å²) in [5.41, 5.74) is 2.88. The van der Waals surface area contributed by atoms with Gasteiger partial charge in [-0.2, -0.15) is 0 Å². The zero-order valence-corrected chi connectivity index (χ0v) is 7.88. The van der Waals surface area contributed by atoms with Crippen LogP contribution in [0, 0.1) is 0 Å².